The van der Waals surface area contributed by atoms with E-state index in [-0.39, 0.29) is 35.9 Å². The Balaban J connectivity index is 0.00000361. The molecule has 0 saturated carbocycles. The SMILES string of the molecule is CCNC(=NCC(F)F)NC1CCN(C(=O)CC)C1.I. The average Bonchev–Trinajstić information content (AvgIpc) is 2.83. The molecule has 0 radical (unpaired) electrons. The number of hydrogen-bond acceptors (Lipinski definition) is 2. The van der Waals surface area contributed by atoms with Crippen LogP contribution in [0.5, 0.6) is 0 Å². The molecule has 0 bridgehead atoms. The first-order valence-electron chi connectivity index (χ1n) is 6.67. The fourth-order valence-electron chi connectivity index (χ4n) is 2.00. The number of alkyl halides is 2. The van der Waals surface area contributed by atoms with Crippen molar-refractivity contribution in [3.8, 4) is 0 Å². The van der Waals surface area contributed by atoms with Crippen LogP contribution in [-0.4, -0.2) is 55.4 Å². The zero-order chi connectivity index (χ0) is 14.3. The monoisotopic (exact) mass is 404 g/mol. The first kappa shape index (κ1) is 19.3. The lowest BCUT2D eigenvalue weighted by Crippen LogP contribution is -2.45. The second-order valence-corrected chi connectivity index (χ2v) is 4.43. The summed E-state index contributed by atoms with van der Waals surface area (Å²) in [6.07, 6.45) is -1.14. The van der Waals surface area contributed by atoms with Crippen LogP contribution in [0, 0.1) is 0 Å². The lowest BCUT2D eigenvalue weighted by molar-refractivity contribution is -0.129. The van der Waals surface area contributed by atoms with Crippen molar-refractivity contribution in [2.45, 2.75) is 39.2 Å². The highest BCUT2D eigenvalue weighted by molar-refractivity contribution is 14.0. The third kappa shape index (κ3) is 6.67. The Hall–Kier alpha value is -0.670. The molecular formula is C12H23F2IN4O. The summed E-state index contributed by atoms with van der Waals surface area (Å²) in [5, 5.41) is 6.02. The topological polar surface area (TPSA) is 56.7 Å². The summed E-state index contributed by atoms with van der Waals surface area (Å²) in [6, 6.07) is 0.0750. The van der Waals surface area contributed by atoms with E-state index in [1.54, 1.807) is 4.90 Å². The highest BCUT2D eigenvalue weighted by atomic mass is 127. The second-order valence-electron chi connectivity index (χ2n) is 4.43. The van der Waals surface area contributed by atoms with Crippen molar-refractivity contribution in [3.05, 3.63) is 0 Å². The third-order valence-corrected chi connectivity index (χ3v) is 2.92. The molecule has 1 atom stereocenters. The van der Waals surface area contributed by atoms with E-state index < -0.39 is 13.0 Å². The Bertz CT molecular complexity index is 329. The molecule has 5 nitrogen and oxygen atoms in total. The first-order valence-corrected chi connectivity index (χ1v) is 6.67. The fraction of sp³-hybridized carbons (Fsp3) is 0.833. The molecule has 1 rings (SSSR count). The van der Waals surface area contributed by atoms with Crippen LogP contribution in [0.15, 0.2) is 4.99 Å². The van der Waals surface area contributed by atoms with E-state index in [0.717, 1.165) is 6.42 Å². The van der Waals surface area contributed by atoms with Gasteiger partial charge in [0.25, 0.3) is 6.43 Å². The van der Waals surface area contributed by atoms with E-state index in [4.69, 9.17) is 0 Å². The zero-order valence-electron chi connectivity index (χ0n) is 11.9. The average molecular weight is 404 g/mol. The van der Waals surface area contributed by atoms with Crippen LogP contribution in [0.25, 0.3) is 0 Å². The molecule has 1 unspecified atom stereocenters. The maximum absolute atomic E-state index is 12.1. The maximum atomic E-state index is 12.1. The van der Waals surface area contributed by atoms with Crippen LogP contribution in [0.4, 0.5) is 8.78 Å². The van der Waals surface area contributed by atoms with E-state index in [0.29, 0.717) is 32.0 Å². The highest BCUT2D eigenvalue weighted by Gasteiger charge is 2.25. The number of hydrogen-bond donors (Lipinski definition) is 2. The van der Waals surface area contributed by atoms with E-state index >= 15 is 0 Å². The predicted octanol–water partition coefficient (Wildman–Crippen LogP) is 1.44. The van der Waals surface area contributed by atoms with Gasteiger partial charge in [0.2, 0.25) is 5.91 Å². The molecule has 2 N–H and O–H groups in total. The number of rotatable bonds is 5. The number of likely N-dealkylation sites (tertiary alicyclic amines) is 1. The Kier molecular flexibility index (Phi) is 9.78. The second kappa shape index (κ2) is 10.1. The van der Waals surface area contributed by atoms with Crippen molar-refractivity contribution in [1.29, 1.82) is 0 Å². The molecule has 1 fully saturated rings. The number of amides is 1. The van der Waals surface area contributed by atoms with Gasteiger partial charge in [0.15, 0.2) is 5.96 Å². The molecular weight excluding hydrogens is 381 g/mol. The number of carbonyl (C=O) groups excluding carboxylic acids is 1. The summed E-state index contributed by atoms with van der Waals surface area (Å²) in [7, 11) is 0. The summed E-state index contributed by atoms with van der Waals surface area (Å²) < 4.78 is 24.3. The molecule has 1 heterocycles. The summed E-state index contributed by atoms with van der Waals surface area (Å²) in [5.41, 5.74) is 0. The minimum absolute atomic E-state index is 0. The van der Waals surface area contributed by atoms with Gasteiger partial charge in [0.1, 0.15) is 6.54 Å². The number of nitrogens with one attached hydrogen (secondary N) is 2. The molecule has 0 aliphatic carbocycles. The van der Waals surface area contributed by atoms with E-state index in [2.05, 4.69) is 15.6 Å². The van der Waals surface area contributed by atoms with Crippen molar-refractivity contribution < 1.29 is 13.6 Å². The Morgan fingerprint density at radius 2 is 2.15 bits per heavy atom. The van der Waals surface area contributed by atoms with Gasteiger partial charge in [-0.25, -0.2) is 13.8 Å². The molecule has 20 heavy (non-hydrogen) atoms. The van der Waals surface area contributed by atoms with Gasteiger partial charge in [-0.2, -0.15) is 0 Å². The Morgan fingerprint density at radius 1 is 1.45 bits per heavy atom. The van der Waals surface area contributed by atoms with Crippen molar-refractivity contribution >= 4 is 35.8 Å². The van der Waals surface area contributed by atoms with Gasteiger partial charge in [-0.1, -0.05) is 6.92 Å². The molecule has 1 aliphatic rings. The van der Waals surface area contributed by atoms with Crippen LogP contribution < -0.4 is 10.6 Å². The molecule has 0 spiro atoms. The van der Waals surface area contributed by atoms with Crippen LogP contribution >= 0.6 is 24.0 Å². The minimum atomic E-state index is -2.45. The normalized spacial score (nSPS) is 18.9. The number of guanidine groups is 1. The molecule has 1 saturated heterocycles. The van der Waals surface area contributed by atoms with Crippen LogP contribution in [0.2, 0.25) is 0 Å². The molecule has 118 valence electrons. The molecule has 8 heteroatoms. The van der Waals surface area contributed by atoms with Crippen LogP contribution in [0.1, 0.15) is 26.7 Å². The van der Waals surface area contributed by atoms with Gasteiger partial charge in [-0.05, 0) is 13.3 Å². The third-order valence-electron chi connectivity index (χ3n) is 2.92. The zero-order valence-corrected chi connectivity index (χ0v) is 14.2. The van der Waals surface area contributed by atoms with E-state index in [1.807, 2.05) is 13.8 Å². The Morgan fingerprint density at radius 3 is 2.70 bits per heavy atom. The molecule has 0 aromatic rings. The standard InChI is InChI=1S/C12H22F2N4O.HI/c1-3-11(19)18-6-5-9(8-18)17-12(15-4-2)16-7-10(13)14;/h9-10H,3-8H2,1-2H3,(H2,15,16,17);1H. The van der Waals surface area contributed by atoms with Crippen molar-refractivity contribution in [1.82, 2.24) is 15.5 Å². The molecule has 0 aromatic heterocycles. The number of aliphatic imine (C=N–C) groups is 1. The number of carbonyl (C=O) groups is 1. The predicted molar refractivity (Wildman–Crippen MR) is 85.8 cm³/mol. The van der Waals surface area contributed by atoms with Crippen LogP contribution in [-0.2, 0) is 4.79 Å². The fourth-order valence-corrected chi connectivity index (χ4v) is 2.00. The largest absolute Gasteiger partial charge is 0.357 e. The van der Waals surface area contributed by atoms with E-state index in [1.165, 1.54) is 0 Å². The molecule has 0 aromatic carbocycles. The van der Waals surface area contributed by atoms with Crippen molar-refractivity contribution in [2.75, 3.05) is 26.2 Å². The lowest BCUT2D eigenvalue weighted by atomic mass is 10.3. The number of halogens is 3. The summed E-state index contributed by atoms with van der Waals surface area (Å²) in [5.74, 6) is 0.511. The van der Waals surface area contributed by atoms with Gasteiger partial charge in [0.05, 0.1) is 0 Å². The van der Waals surface area contributed by atoms with Crippen molar-refractivity contribution in [3.63, 3.8) is 0 Å². The van der Waals surface area contributed by atoms with Crippen LogP contribution in [0.3, 0.4) is 0 Å². The quantitative estimate of drug-likeness (QED) is 0.414. The van der Waals surface area contributed by atoms with Gasteiger partial charge in [-0.15, -0.1) is 24.0 Å². The molecule has 1 aliphatic heterocycles. The van der Waals surface area contributed by atoms with E-state index in [9.17, 15) is 13.6 Å². The van der Waals surface area contributed by atoms with Gasteiger partial charge in [-0.3, -0.25) is 4.79 Å². The van der Waals surface area contributed by atoms with Gasteiger partial charge < -0.3 is 15.5 Å². The van der Waals surface area contributed by atoms with Crippen molar-refractivity contribution in [2.24, 2.45) is 4.99 Å². The lowest BCUT2D eigenvalue weighted by Gasteiger charge is -2.18. The summed E-state index contributed by atoms with van der Waals surface area (Å²) >= 11 is 0. The van der Waals surface area contributed by atoms with Gasteiger partial charge >= 0.3 is 0 Å². The smallest absolute Gasteiger partial charge is 0.257 e. The van der Waals surface area contributed by atoms with Gasteiger partial charge in [0, 0.05) is 32.1 Å². The summed E-state index contributed by atoms with van der Waals surface area (Å²) in [4.78, 5) is 17.1. The summed E-state index contributed by atoms with van der Waals surface area (Å²) in [6.45, 7) is 5.11. The molecule has 1 amide bonds. The maximum Gasteiger partial charge on any atom is 0.257 e. The minimum Gasteiger partial charge on any atom is -0.357 e. The Labute approximate surface area is 135 Å². The number of nitrogens with zero attached hydrogens (tertiary/aromatic N) is 2. The highest BCUT2D eigenvalue weighted by Crippen LogP contribution is 2.10. The first-order chi connectivity index (χ1) is 9.06.